The van der Waals surface area contributed by atoms with Gasteiger partial charge in [-0.05, 0) is 68.5 Å². The number of hydrogen-bond donors (Lipinski definition) is 2. The Hall–Kier alpha value is -3.48. The Morgan fingerprint density at radius 1 is 1.03 bits per heavy atom. The predicted molar refractivity (Wildman–Crippen MR) is 141 cm³/mol. The van der Waals surface area contributed by atoms with Crippen LogP contribution >= 0.6 is 0 Å². The Morgan fingerprint density at radius 2 is 1.81 bits per heavy atom. The number of nitrogens with zero attached hydrogens (tertiary/aromatic N) is 2. The number of aromatic amines is 1. The third-order valence-corrected chi connectivity index (χ3v) is 6.65. The van der Waals surface area contributed by atoms with Crippen LogP contribution in [0.5, 0.6) is 17.2 Å². The Morgan fingerprint density at radius 3 is 2.50 bits per heavy atom. The Kier molecular flexibility index (Phi) is 7.87. The van der Waals surface area contributed by atoms with Gasteiger partial charge in [0.25, 0.3) is 5.91 Å². The number of rotatable bonds is 11. The number of carbonyl (C=O) groups excluding carboxylic acids is 1. The lowest BCUT2D eigenvalue weighted by atomic mass is 9.93. The van der Waals surface area contributed by atoms with Gasteiger partial charge in [0.2, 0.25) is 0 Å². The number of phenolic OH excluding ortho intramolecular Hbond substituents is 1. The van der Waals surface area contributed by atoms with E-state index in [0.29, 0.717) is 48.2 Å². The highest BCUT2D eigenvalue weighted by Crippen LogP contribution is 2.47. The van der Waals surface area contributed by atoms with E-state index in [2.05, 4.69) is 24.0 Å². The smallest absolute Gasteiger partial charge is 0.273 e. The largest absolute Gasteiger partial charge is 0.507 e. The average Bonchev–Trinajstić information content (AvgIpc) is 3.37. The van der Waals surface area contributed by atoms with Crippen molar-refractivity contribution in [3.63, 3.8) is 0 Å². The fourth-order valence-electron chi connectivity index (χ4n) is 4.95. The Bertz CT molecular complexity index is 1210. The van der Waals surface area contributed by atoms with Gasteiger partial charge in [0.1, 0.15) is 17.1 Å². The lowest BCUT2D eigenvalue weighted by molar-refractivity contribution is 0.0741. The molecule has 0 saturated carbocycles. The van der Waals surface area contributed by atoms with Crippen LogP contribution in [0.2, 0.25) is 0 Å². The zero-order valence-electron chi connectivity index (χ0n) is 22.0. The number of aromatic nitrogens is 2. The number of fused-ring (bicyclic) bond motifs is 1. The lowest BCUT2D eigenvalue weighted by Crippen LogP contribution is -2.30. The molecule has 3 aromatic rings. The first kappa shape index (κ1) is 25.6. The molecule has 0 spiro atoms. The third-order valence-electron chi connectivity index (χ3n) is 6.65. The van der Waals surface area contributed by atoms with Crippen molar-refractivity contribution in [2.45, 2.75) is 66.3 Å². The van der Waals surface area contributed by atoms with Crippen molar-refractivity contribution in [1.29, 1.82) is 0 Å². The van der Waals surface area contributed by atoms with Gasteiger partial charge in [-0.25, -0.2) is 0 Å². The molecule has 0 radical (unpaired) electrons. The van der Waals surface area contributed by atoms with E-state index in [-0.39, 0.29) is 17.7 Å². The Balaban J connectivity index is 1.85. The average molecular weight is 492 g/mol. The number of benzene rings is 2. The molecule has 2 heterocycles. The second-order valence-electron chi connectivity index (χ2n) is 9.43. The van der Waals surface area contributed by atoms with Crippen molar-refractivity contribution in [3.8, 4) is 28.5 Å². The van der Waals surface area contributed by atoms with Crippen molar-refractivity contribution < 1.29 is 19.4 Å². The summed E-state index contributed by atoms with van der Waals surface area (Å²) in [5, 5.41) is 18.4. The van der Waals surface area contributed by atoms with Crippen LogP contribution in [-0.4, -0.2) is 45.9 Å². The normalized spacial score (nSPS) is 14.9. The van der Waals surface area contributed by atoms with Crippen LogP contribution in [0.4, 0.5) is 0 Å². The topological polar surface area (TPSA) is 87.7 Å². The van der Waals surface area contributed by atoms with Crippen molar-refractivity contribution in [1.82, 2.24) is 15.1 Å². The van der Waals surface area contributed by atoms with E-state index in [1.165, 1.54) is 0 Å². The Labute approximate surface area is 213 Å². The van der Waals surface area contributed by atoms with Crippen LogP contribution in [0.3, 0.4) is 0 Å². The quantitative estimate of drug-likeness (QED) is 0.306. The molecule has 1 atom stereocenters. The number of unbranched alkanes of at least 4 members (excludes halogenated alkanes) is 2. The molecule has 2 aromatic carbocycles. The number of hydrogen-bond acceptors (Lipinski definition) is 5. The van der Waals surface area contributed by atoms with Gasteiger partial charge in [-0.1, -0.05) is 38.8 Å². The summed E-state index contributed by atoms with van der Waals surface area (Å²) in [6.07, 6.45) is 3.88. The SMILES string of the molecule is CCCCOc1ccc(C2c3c(-c4c(C)cc(C)cc4O)n[nH]c3C(=O)N2CCCC)cc1OCC. The highest BCUT2D eigenvalue weighted by atomic mass is 16.5. The number of ether oxygens (including phenoxy) is 2. The van der Waals surface area contributed by atoms with E-state index in [1.807, 2.05) is 49.9 Å². The summed E-state index contributed by atoms with van der Waals surface area (Å²) in [6, 6.07) is 9.33. The van der Waals surface area contributed by atoms with E-state index in [9.17, 15) is 9.90 Å². The molecule has 1 amide bonds. The summed E-state index contributed by atoms with van der Waals surface area (Å²) in [7, 11) is 0. The van der Waals surface area contributed by atoms with E-state index in [1.54, 1.807) is 6.07 Å². The molecule has 0 aliphatic carbocycles. The van der Waals surface area contributed by atoms with Crippen LogP contribution < -0.4 is 9.47 Å². The molecule has 1 aromatic heterocycles. The molecule has 1 unspecified atom stereocenters. The van der Waals surface area contributed by atoms with Gasteiger partial charge < -0.3 is 19.5 Å². The number of nitrogens with one attached hydrogen (secondary N) is 1. The van der Waals surface area contributed by atoms with Crippen LogP contribution in [0, 0.1) is 13.8 Å². The molecule has 1 aliphatic rings. The molecule has 4 rings (SSSR count). The molecule has 0 fully saturated rings. The van der Waals surface area contributed by atoms with Gasteiger partial charge in [-0.15, -0.1) is 0 Å². The van der Waals surface area contributed by atoms with Gasteiger partial charge in [-0.2, -0.15) is 5.10 Å². The molecule has 0 saturated heterocycles. The molecule has 192 valence electrons. The minimum Gasteiger partial charge on any atom is -0.507 e. The molecular weight excluding hydrogens is 454 g/mol. The minimum atomic E-state index is -0.350. The second kappa shape index (κ2) is 11.1. The first-order chi connectivity index (χ1) is 17.4. The van der Waals surface area contributed by atoms with Crippen molar-refractivity contribution >= 4 is 5.91 Å². The first-order valence-electron chi connectivity index (χ1n) is 13.0. The van der Waals surface area contributed by atoms with Crippen molar-refractivity contribution in [2.75, 3.05) is 19.8 Å². The summed E-state index contributed by atoms with van der Waals surface area (Å²) in [5.74, 6) is 1.46. The molecule has 1 aliphatic heterocycles. The number of H-pyrrole nitrogens is 1. The lowest BCUT2D eigenvalue weighted by Gasteiger charge is -2.27. The monoisotopic (exact) mass is 491 g/mol. The molecule has 7 heteroatoms. The number of aryl methyl sites for hydroxylation is 2. The number of phenols is 1. The highest BCUT2D eigenvalue weighted by molar-refractivity contribution is 6.00. The first-order valence-corrected chi connectivity index (χ1v) is 13.0. The van der Waals surface area contributed by atoms with Crippen LogP contribution in [-0.2, 0) is 0 Å². The molecular formula is C29H37N3O4. The zero-order chi connectivity index (χ0) is 25.8. The zero-order valence-corrected chi connectivity index (χ0v) is 22.0. The maximum atomic E-state index is 13.5. The van der Waals surface area contributed by atoms with E-state index in [0.717, 1.165) is 47.9 Å². The highest BCUT2D eigenvalue weighted by Gasteiger charge is 2.42. The molecule has 36 heavy (non-hydrogen) atoms. The maximum absolute atomic E-state index is 13.5. The van der Waals surface area contributed by atoms with Crippen molar-refractivity contribution in [2.24, 2.45) is 0 Å². The summed E-state index contributed by atoms with van der Waals surface area (Å²) in [6.45, 7) is 11.9. The van der Waals surface area contributed by atoms with Gasteiger partial charge in [0, 0.05) is 17.7 Å². The minimum absolute atomic E-state index is 0.0762. The van der Waals surface area contributed by atoms with E-state index >= 15 is 0 Å². The van der Waals surface area contributed by atoms with E-state index < -0.39 is 0 Å². The van der Waals surface area contributed by atoms with Crippen molar-refractivity contribution in [3.05, 3.63) is 58.3 Å². The van der Waals surface area contributed by atoms with Gasteiger partial charge in [0.05, 0.1) is 19.3 Å². The summed E-state index contributed by atoms with van der Waals surface area (Å²) >= 11 is 0. The number of amides is 1. The van der Waals surface area contributed by atoms with Gasteiger partial charge >= 0.3 is 0 Å². The van der Waals surface area contributed by atoms with Gasteiger partial charge in [0.15, 0.2) is 11.5 Å². The fraction of sp³-hybridized carbons (Fsp3) is 0.448. The van der Waals surface area contributed by atoms with Crippen LogP contribution in [0.15, 0.2) is 30.3 Å². The number of carbonyl (C=O) groups is 1. The van der Waals surface area contributed by atoms with Crippen LogP contribution in [0.25, 0.3) is 11.3 Å². The van der Waals surface area contributed by atoms with Crippen LogP contribution in [0.1, 0.15) is 85.2 Å². The predicted octanol–water partition coefficient (Wildman–Crippen LogP) is 6.32. The number of aromatic hydroxyl groups is 1. The molecule has 7 nitrogen and oxygen atoms in total. The summed E-state index contributed by atoms with van der Waals surface area (Å²) < 4.78 is 11.9. The fourth-order valence-corrected chi connectivity index (χ4v) is 4.95. The second-order valence-corrected chi connectivity index (χ2v) is 9.43. The van der Waals surface area contributed by atoms with E-state index in [4.69, 9.17) is 9.47 Å². The summed E-state index contributed by atoms with van der Waals surface area (Å²) in [4.78, 5) is 15.4. The maximum Gasteiger partial charge on any atom is 0.273 e. The summed E-state index contributed by atoms with van der Waals surface area (Å²) in [5.41, 5.74) is 5.34. The van der Waals surface area contributed by atoms with Gasteiger partial charge in [-0.3, -0.25) is 9.89 Å². The standard InChI is InChI=1S/C29H37N3O4/c1-6-9-13-32-28(20-11-12-22(36-14-10-7-2)23(17-20)35-8-3)25-26(30-31-27(25)29(32)34)24-19(5)15-18(4)16-21(24)33/h11-12,15-17,28,33H,6-10,13-14H2,1-5H3,(H,30,31). The third kappa shape index (κ3) is 4.79. The molecule has 2 N–H and O–H groups in total. The molecule has 0 bridgehead atoms.